The molecule has 3 rings (SSSR count). The summed E-state index contributed by atoms with van der Waals surface area (Å²) in [5, 5.41) is 3.66. The Kier molecular flexibility index (Phi) is 7.28. The van der Waals surface area contributed by atoms with Crippen LogP contribution in [0.5, 0.6) is 5.75 Å². The Morgan fingerprint density at radius 1 is 1.43 bits per heavy atom. The van der Waals surface area contributed by atoms with Gasteiger partial charge in [0.25, 0.3) is 0 Å². The number of nitrogens with zero attached hydrogens (tertiary/aromatic N) is 1. The molecule has 0 radical (unpaired) electrons. The van der Waals surface area contributed by atoms with E-state index in [0.29, 0.717) is 53.6 Å². The number of thioether (sulfide) groups is 1. The minimum absolute atomic E-state index is 0.223. The third-order valence-electron chi connectivity index (χ3n) is 5.06. The standard InChI is InChI=1S/C22H30N2O5S/c1-5-7-17(18-10-16(11-19(25)29-18)28-12-15-8-9-15)23-21(26)22(4)13-30-20(24-22)14(3)27-6-2/h10-11,15,17H,3,5-9,12-13H2,1-2,4H3,(H,23,26)/t17-,22+/m1/s1. The summed E-state index contributed by atoms with van der Waals surface area (Å²) < 4.78 is 16.6. The summed E-state index contributed by atoms with van der Waals surface area (Å²) in [4.78, 5) is 29.7. The van der Waals surface area contributed by atoms with Gasteiger partial charge in [-0.05, 0) is 39.0 Å². The fourth-order valence-electron chi connectivity index (χ4n) is 3.11. The molecule has 1 aromatic rings. The molecule has 7 nitrogen and oxygen atoms in total. The highest BCUT2D eigenvalue weighted by Gasteiger charge is 2.40. The first-order valence-electron chi connectivity index (χ1n) is 10.5. The van der Waals surface area contributed by atoms with Crippen LogP contribution in [-0.4, -0.2) is 35.5 Å². The number of amides is 1. The minimum Gasteiger partial charge on any atom is -0.493 e. The second-order valence-corrected chi connectivity index (χ2v) is 8.88. The van der Waals surface area contributed by atoms with E-state index in [1.807, 2.05) is 13.8 Å². The fourth-order valence-corrected chi connectivity index (χ4v) is 4.21. The molecule has 2 atom stereocenters. The van der Waals surface area contributed by atoms with E-state index in [2.05, 4.69) is 16.9 Å². The Morgan fingerprint density at radius 3 is 2.87 bits per heavy atom. The van der Waals surface area contributed by atoms with Crippen molar-refractivity contribution in [3.63, 3.8) is 0 Å². The molecule has 0 saturated heterocycles. The van der Waals surface area contributed by atoms with Crippen LogP contribution in [0.1, 0.15) is 58.3 Å². The van der Waals surface area contributed by atoms with Crippen LogP contribution in [0.2, 0.25) is 0 Å². The second-order valence-electron chi connectivity index (χ2n) is 7.92. The van der Waals surface area contributed by atoms with Crippen molar-refractivity contribution in [2.45, 2.75) is 58.0 Å². The first-order chi connectivity index (χ1) is 14.3. The Hall–Kier alpha value is -2.22. The second kappa shape index (κ2) is 9.73. The molecule has 8 heteroatoms. The highest BCUT2D eigenvalue weighted by molar-refractivity contribution is 8.14. The molecule has 0 bridgehead atoms. The van der Waals surface area contributed by atoms with Gasteiger partial charge in [-0.25, -0.2) is 4.79 Å². The Labute approximate surface area is 181 Å². The van der Waals surface area contributed by atoms with E-state index >= 15 is 0 Å². The number of carbonyl (C=O) groups excluding carboxylic acids is 1. The SMILES string of the molecule is C=C(OCC)C1=N[C@](C)(C(=O)N[C@H](CCC)c2cc(OCC3CC3)cc(=O)o2)CS1. The van der Waals surface area contributed by atoms with Crippen LogP contribution in [0.15, 0.2) is 38.7 Å². The van der Waals surface area contributed by atoms with E-state index in [1.165, 1.54) is 17.8 Å². The maximum atomic E-state index is 13.1. The van der Waals surface area contributed by atoms with E-state index in [4.69, 9.17) is 13.9 Å². The molecule has 1 aliphatic heterocycles. The van der Waals surface area contributed by atoms with Crippen LogP contribution in [0.3, 0.4) is 0 Å². The third-order valence-corrected chi connectivity index (χ3v) is 6.36. The molecule has 164 valence electrons. The van der Waals surface area contributed by atoms with Gasteiger partial charge in [0.2, 0.25) is 5.91 Å². The predicted octanol–water partition coefficient (Wildman–Crippen LogP) is 3.84. The molecule has 1 N–H and O–H groups in total. The van der Waals surface area contributed by atoms with Crippen LogP contribution in [0.4, 0.5) is 0 Å². The quantitative estimate of drug-likeness (QED) is 0.532. The molecule has 30 heavy (non-hydrogen) atoms. The summed E-state index contributed by atoms with van der Waals surface area (Å²) in [7, 11) is 0. The van der Waals surface area contributed by atoms with Gasteiger partial charge in [-0.15, -0.1) is 11.8 Å². The van der Waals surface area contributed by atoms with Crippen LogP contribution in [0.25, 0.3) is 0 Å². The number of hydrogen-bond acceptors (Lipinski definition) is 7. The largest absolute Gasteiger partial charge is 0.493 e. The van der Waals surface area contributed by atoms with Gasteiger partial charge in [0.1, 0.15) is 27.9 Å². The van der Waals surface area contributed by atoms with Gasteiger partial charge in [0.05, 0.1) is 25.3 Å². The van der Waals surface area contributed by atoms with Gasteiger partial charge in [-0.2, -0.15) is 0 Å². The molecule has 1 amide bonds. The van der Waals surface area contributed by atoms with Crippen LogP contribution >= 0.6 is 11.8 Å². The van der Waals surface area contributed by atoms with Gasteiger partial charge in [-0.3, -0.25) is 9.79 Å². The van der Waals surface area contributed by atoms with Gasteiger partial charge in [-0.1, -0.05) is 19.9 Å². The topological polar surface area (TPSA) is 90.1 Å². The number of aliphatic imine (C=N–C) groups is 1. The van der Waals surface area contributed by atoms with Crippen LogP contribution in [0, 0.1) is 5.92 Å². The van der Waals surface area contributed by atoms with Crippen molar-refractivity contribution in [2.75, 3.05) is 19.0 Å². The number of hydrogen-bond donors (Lipinski definition) is 1. The summed E-state index contributed by atoms with van der Waals surface area (Å²) in [5.74, 6) is 2.22. The summed E-state index contributed by atoms with van der Waals surface area (Å²) in [6.45, 7) is 10.7. The van der Waals surface area contributed by atoms with Crippen molar-refractivity contribution in [3.05, 3.63) is 40.7 Å². The van der Waals surface area contributed by atoms with E-state index in [0.717, 1.165) is 19.3 Å². The predicted molar refractivity (Wildman–Crippen MR) is 118 cm³/mol. The molecular weight excluding hydrogens is 404 g/mol. The first-order valence-corrected chi connectivity index (χ1v) is 11.5. The van der Waals surface area contributed by atoms with E-state index < -0.39 is 17.2 Å². The maximum Gasteiger partial charge on any atom is 0.339 e. The molecular formula is C22H30N2O5S. The maximum absolute atomic E-state index is 13.1. The average molecular weight is 435 g/mol. The van der Waals surface area contributed by atoms with Crippen molar-refractivity contribution in [3.8, 4) is 5.75 Å². The van der Waals surface area contributed by atoms with Gasteiger partial charge in [0.15, 0.2) is 0 Å². The normalized spacial score (nSPS) is 21.6. The summed E-state index contributed by atoms with van der Waals surface area (Å²) in [6, 6.07) is 2.62. The highest BCUT2D eigenvalue weighted by Crippen LogP contribution is 2.33. The zero-order valence-electron chi connectivity index (χ0n) is 17.9. The summed E-state index contributed by atoms with van der Waals surface area (Å²) >= 11 is 1.45. The van der Waals surface area contributed by atoms with E-state index in [-0.39, 0.29) is 5.91 Å². The Morgan fingerprint density at radius 2 is 2.20 bits per heavy atom. The van der Waals surface area contributed by atoms with Crippen molar-refractivity contribution in [1.29, 1.82) is 0 Å². The minimum atomic E-state index is -0.938. The number of rotatable bonds is 11. The van der Waals surface area contributed by atoms with Crippen LogP contribution < -0.4 is 15.7 Å². The number of carbonyl (C=O) groups is 1. The zero-order chi connectivity index (χ0) is 21.7. The smallest absolute Gasteiger partial charge is 0.339 e. The Bertz CT molecular complexity index is 877. The summed E-state index contributed by atoms with van der Waals surface area (Å²) in [5.41, 5.74) is -1.42. The molecule has 2 aliphatic rings. The molecule has 2 heterocycles. The monoisotopic (exact) mass is 434 g/mol. The van der Waals surface area contributed by atoms with Gasteiger partial charge >= 0.3 is 5.63 Å². The van der Waals surface area contributed by atoms with Gasteiger partial charge in [0, 0.05) is 11.8 Å². The lowest BCUT2D eigenvalue weighted by molar-refractivity contribution is -0.125. The molecule has 0 unspecified atom stereocenters. The van der Waals surface area contributed by atoms with Crippen molar-refractivity contribution in [1.82, 2.24) is 5.32 Å². The first kappa shape index (κ1) is 22.5. The number of nitrogens with one attached hydrogen (secondary N) is 1. The fraction of sp³-hybridized carbons (Fsp3) is 0.591. The third kappa shape index (κ3) is 5.68. The molecule has 1 aliphatic carbocycles. The lowest BCUT2D eigenvalue weighted by atomic mass is 10.0. The van der Waals surface area contributed by atoms with Crippen molar-refractivity contribution >= 4 is 22.7 Å². The Balaban J connectivity index is 1.74. The molecule has 0 aromatic carbocycles. The van der Waals surface area contributed by atoms with Crippen molar-refractivity contribution in [2.24, 2.45) is 10.9 Å². The molecule has 1 saturated carbocycles. The van der Waals surface area contributed by atoms with E-state index in [1.54, 1.807) is 13.0 Å². The summed E-state index contributed by atoms with van der Waals surface area (Å²) in [6.07, 6.45) is 3.77. The molecule has 1 aromatic heterocycles. The molecule has 1 fully saturated rings. The van der Waals surface area contributed by atoms with Crippen molar-refractivity contribution < 1.29 is 18.7 Å². The lowest BCUT2D eigenvalue weighted by Crippen LogP contribution is -2.45. The zero-order valence-corrected chi connectivity index (χ0v) is 18.7. The highest BCUT2D eigenvalue weighted by atomic mass is 32.2. The van der Waals surface area contributed by atoms with Crippen LogP contribution in [-0.2, 0) is 9.53 Å². The van der Waals surface area contributed by atoms with Gasteiger partial charge < -0.3 is 19.2 Å². The van der Waals surface area contributed by atoms with E-state index in [9.17, 15) is 9.59 Å². The average Bonchev–Trinajstić information content (AvgIpc) is 3.45. The number of ether oxygens (including phenoxy) is 2. The molecule has 0 spiro atoms. The lowest BCUT2D eigenvalue weighted by Gasteiger charge is -2.24.